The van der Waals surface area contributed by atoms with E-state index in [0.717, 1.165) is 4.90 Å². The Kier molecular flexibility index (Phi) is 1.95. The molecule has 0 saturated carbocycles. The molecular weight excluding hydrogens is 140 g/mol. The molecule has 1 rings (SSSR count). The Labute approximate surface area is 67.7 Å². The van der Waals surface area contributed by atoms with Crippen molar-refractivity contribution >= 4 is 12.6 Å². The predicted octanol–water partition coefficient (Wildman–Crippen LogP) is 3.17. The fourth-order valence-electron chi connectivity index (χ4n) is 0.926. The van der Waals surface area contributed by atoms with Crippen LogP contribution >= 0.6 is 12.6 Å². The van der Waals surface area contributed by atoms with E-state index in [9.17, 15) is 0 Å². The molecule has 10 heavy (non-hydrogen) atoms. The van der Waals surface area contributed by atoms with Gasteiger partial charge in [0.25, 0.3) is 0 Å². The third-order valence-electron chi connectivity index (χ3n) is 1.87. The molecule has 0 heterocycles. The summed E-state index contributed by atoms with van der Waals surface area (Å²) in [5.41, 5.74) is 3.74. The molecule has 0 N–H and O–H groups in total. The molecule has 0 nitrogen and oxygen atoms in total. The van der Waals surface area contributed by atoms with Crippen LogP contribution in [0.5, 0.6) is 0 Å². The minimum Gasteiger partial charge on any atom is -0.0795 e. The van der Waals surface area contributed by atoms with E-state index < -0.39 is 0 Å². The number of hydrogen-bond acceptors (Lipinski definition) is 0. The summed E-state index contributed by atoms with van der Waals surface area (Å²) < 4.78 is 0. The van der Waals surface area contributed by atoms with E-state index in [1.54, 1.807) is 0 Å². The molecule has 0 unspecified atom stereocenters. The van der Waals surface area contributed by atoms with Crippen LogP contribution in [-0.2, 0) is 0 Å². The van der Waals surface area contributed by atoms with E-state index in [2.05, 4.69) is 32.9 Å². The van der Waals surface area contributed by atoms with E-state index in [1.807, 2.05) is 0 Å². The predicted molar refractivity (Wildman–Crippen MR) is 46.5 cm³/mol. The van der Waals surface area contributed by atoms with Crippen molar-refractivity contribution in [1.29, 1.82) is 0 Å². The van der Waals surface area contributed by atoms with Gasteiger partial charge in [-0.15, -0.1) is 0 Å². The summed E-state index contributed by atoms with van der Waals surface area (Å²) in [6.07, 6.45) is 0. The maximum atomic E-state index is 5.18. The molecule has 0 aliphatic heterocycles. The third-order valence-corrected chi connectivity index (χ3v) is 2.50. The van der Waals surface area contributed by atoms with Crippen LogP contribution in [0.4, 0.5) is 0 Å². The SMILES string of the molecule is Cc1ccc(C)c([S])c1C. The van der Waals surface area contributed by atoms with Crippen molar-refractivity contribution in [3.05, 3.63) is 28.8 Å². The summed E-state index contributed by atoms with van der Waals surface area (Å²) in [5.74, 6) is 0. The monoisotopic (exact) mass is 151 g/mol. The molecule has 0 saturated heterocycles. The zero-order chi connectivity index (χ0) is 7.72. The smallest absolute Gasteiger partial charge is 0.0438 e. The largest absolute Gasteiger partial charge is 0.0795 e. The molecule has 0 spiro atoms. The summed E-state index contributed by atoms with van der Waals surface area (Å²) in [7, 11) is 0. The summed E-state index contributed by atoms with van der Waals surface area (Å²) in [6.45, 7) is 6.21. The number of aryl methyl sites for hydroxylation is 2. The fraction of sp³-hybridized carbons (Fsp3) is 0.333. The lowest BCUT2D eigenvalue weighted by atomic mass is 10.1. The van der Waals surface area contributed by atoms with Gasteiger partial charge in [0.1, 0.15) is 0 Å². The van der Waals surface area contributed by atoms with Gasteiger partial charge in [-0.2, -0.15) is 0 Å². The Morgan fingerprint density at radius 2 is 1.50 bits per heavy atom. The van der Waals surface area contributed by atoms with Crippen molar-refractivity contribution in [2.24, 2.45) is 0 Å². The van der Waals surface area contributed by atoms with Crippen LogP contribution in [0.15, 0.2) is 17.0 Å². The van der Waals surface area contributed by atoms with Crippen molar-refractivity contribution in [3.8, 4) is 0 Å². The van der Waals surface area contributed by atoms with E-state index in [0.29, 0.717) is 0 Å². The average Bonchev–Trinajstić information content (AvgIpc) is 1.93. The van der Waals surface area contributed by atoms with Gasteiger partial charge in [0.15, 0.2) is 0 Å². The van der Waals surface area contributed by atoms with Gasteiger partial charge in [-0.25, -0.2) is 0 Å². The number of rotatable bonds is 0. The maximum absolute atomic E-state index is 5.18. The zero-order valence-corrected chi connectivity index (χ0v) is 7.38. The molecule has 0 atom stereocenters. The highest BCUT2D eigenvalue weighted by atomic mass is 32.1. The van der Waals surface area contributed by atoms with Crippen LogP contribution in [0.1, 0.15) is 16.7 Å². The highest BCUT2D eigenvalue weighted by Crippen LogP contribution is 2.20. The Balaban J connectivity index is 3.34. The molecule has 1 aromatic carbocycles. The van der Waals surface area contributed by atoms with Gasteiger partial charge < -0.3 is 0 Å². The minimum atomic E-state index is 1.01. The summed E-state index contributed by atoms with van der Waals surface area (Å²) in [4.78, 5) is 1.01. The second-order valence-electron chi connectivity index (χ2n) is 2.65. The van der Waals surface area contributed by atoms with Crippen molar-refractivity contribution in [1.82, 2.24) is 0 Å². The van der Waals surface area contributed by atoms with Crippen LogP contribution in [-0.4, -0.2) is 0 Å². The minimum absolute atomic E-state index is 1.01. The standard InChI is InChI=1S/C9H11S/c1-6-4-5-7(2)9(10)8(6)3/h4-5H,1-3H3. The fourth-order valence-corrected chi connectivity index (χ4v) is 1.15. The van der Waals surface area contributed by atoms with Crippen molar-refractivity contribution in [2.75, 3.05) is 0 Å². The molecule has 53 valence electrons. The second kappa shape index (κ2) is 2.59. The Hall–Kier alpha value is -0.560. The third kappa shape index (κ3) is 1.14. The first kappa shape index (κ1) is 7.55. The summed E-state index contributed by atoms with van der Waals surface area (Å²) in [5, 5.41) is 0. The van der Waals surface area contributed by atoms with E-state index in [1.165, 1.54) is 16.7 Å². The van der Waals surface area contributed by atoms with Crippen LogP contribution in [0, 0.1) is 20.8 Å². The lowest BCUT2D eigenvalue weighted by Crippen LogP contribution is -1.85. The van der Waals surface area contributed by atoms with Gasteiger partial charge in [0.2, 0.25) is 0 Å². The Morgan fingerprint density at radius 1 is 1.00 bits per heavy atom. The molecule has 0 aliphatic carbocycles. The first-order valence-electron chi connectivity index (χ1n) is 3.36. The van der Waals surface area contributed by atoms with Gasteiger partial charge in [-0.05, 0) is 37.5 Å². The molecule has 1 aromatic rings. The molecule has 0 aliphatic rings. The summed E-state index contributed by atoms with van der Waals surface area (Å²) in [6, 6.07) is 4.19. The van der Waals surface area contributed by atoms with Crippen molar-refractivity contribution < 1.29 is 0 Å². The summed E-state index contributed by atoms with van der Waals surface area (Å²) >= 11 is 5.18. The topological polar surface area (TPSA) is 0 Å². The lowest BCUT2D eigenvalue weighted by molar-refractivity contribution is 1.18. The van der Waals surface area contributed by atoms with Crippen LogP contribution in [0.25, 0.3) is 0 Å². The molecule has 0 fully saturated rings. The molecule has 0 aromatic heterocycles. The molecule has 0 amide bonds. The van der Waals surface area contributed by atoms with Crippen molar-refractivity contribution in [2.45, 2.75) is 25.7 Å². The van der Waals surface area contributed by atoms with Crippen LogP contribution in [0.3, 0.4) is 0 Å². The first-order chi connectivity index (χ1) is 4.63. The van der Waals surface area contributed by atoms with Crippen molar-refractivity contribution in [3.63, 3.8) is 0 Å². The Morgan fingerprint density at radius 3 is 2.00 bits per heavy atom. The lowest BCUT2D eigenvalue weighted by Gasteiger charge is -2.04. The molecule has 1 heteroatoms. The quantitative estimate of drug-likeness (QED) is 0.534. The van der Waals surface area contributed by atoms with Gasteiger partial charge in [0, 0.05) is 4.90 Å². The number of benzene rings is 1. The average molecular weight is 151 g/mol. The molecule has 0 bridgehead atoms. The first-order valence-corrected chi connectivity index (χ1v) is 3.77. The van der Waals surface area contributed by atoms with E-state index >= 15 is 0 Å². The second-order valence-corrected chi connectivity index (χ2v) is 3.06. The van der Waals surface area contributed by atoms with Gasteiger partial charge in [-0.3, -0.25) is 0 Å². The normalized spacial score (nSPS) is 9.90. The van der Waals surface area contributed by atoms with Crippen LogP contribution < -0.4 is 0 Å². The van der Waals surface area contributed by atoms with E-state index in [4.69, 9.17) is 12.6 Å². The highest BCUT2D eigenvalue weighted by molar-refractivity contribution is 7.80. The van der Waals surface area contributed by atoms with Crippen LogP contribution in [0.2, 0.25) is 0 Å². The van der Waals surface area contributed by atoms with Gasteiger partial charge in [-0.1, -0.05) is 24.8 Å². The highest BCUT2D eigenvalue weighted by Gasteiger charge is 1.99. The number of hydrogen-bond donors (Lipinski definition) is 0. The Bertz CT molecular complexity index is 224. The molecule has 1 radical (unpaired) electrons. The van der Waals surface area contributed by atoms with Gasteiger partial charge >= 0.3 is 0 Å². The van der Waals surface area contributed by atoms with E-state index in [-0.39, 0.29) is 0 Å². The van der Waals surface area contributed by atoms with Gasteiger partial charge in [0.05, 0.1) is 0 Å². The maximum Gasteiger partial charge on any atom is 0.0438 e. The molecular formula is C9H11S. The zero-order valence-electron chi connectivity index (χ0n) is 6.56.